The molecule has 0 radical (unpaired) electrons. The summed E-state index contributed by atoms with van der Waals surface area (Å²) in [7, 11) is 0. The van der Waals surface area contributed by atoms with E-state index >= 15 is 0 Å². The fourth-order valence-corrected chi connectivity index (χ4v) is 3.11. The summed E-state index contributed by atoms with van der Waals surface area (Å²) in [6, 6.07) is -0.761. The van der Waals surface area contributed by atoms with Crippen molar-refractivity contribution >= 4 is 24.5 Å². The van der Waals surface area contributed by atoms with Gasteiger partial charge in [0.2, 0.25) is 0 Å². The number of carbonyl (C=O) groups is 2. The number of carboxylic acids is 1. The van der Waals surface area contributed by atoms with Gasteiger partial charge >= 0.3 is 12.1 Å². The highest BCUT2D eigenvalue weighted by Gasteiger charge is 2.50. The van der Waals surface area contributed by atoms with Gasteiger partial charge in [0.15, 0.2) is 0 Å². The highest BCUT2D eigenvalue weighted by Crippen LogP contribution is 2.42. The summed E-state index contributed by atoms with van der Waals surface area (Å²) < 4.78 is 5.34. The van der Waals surface area contributed by atoms with Gasteiger partial charge in [-0.3, -0.25) is 4.90 Å². The minimum absolute atomic E-state index is 0. The van der Waals surface area contributed by atoms with Gasteiger partial charge in [-0.25, -0.2) is 9.59 Å². The molecule has 21 heavy (non-hydrogen) atoms. The molecular weight excluding hydrogens is 296 g/mol. The van der Waals surface area contributed by atoms with Crippen molar-refractivity contribution in [1.29, 1.82) is 0 Å². The predicted molar refractivity (Wildman–Crippen MR) is 80.8 cm³/mol. The Morgan fingerprint density at radius 3 is 2.33 bits per heavy atom. The molecule has 1 amide bonds. The van der Waals surface area contributed by atoms with Crippen molar-refractivity contribution in [2.45, 2.75) is 51.7 Å². The minimum atomic E-state index is -0.939. The first-order chi connectivity index (χ1) is 9.22. The third-order valence-electron chi connectivity index (χ3n) is 4.09. The Hall–Kier alpha value is -1.01. The molecule has 6 nitrogen and oxygen atoms in total. The molecule has 0 aromatic heterocycles. The summed E-state index contributed by atoms with van der Waals surface area (Å²) in [4.78, 5) is 25.1. The van der Waals surface area contributed by atoms with E-state index in [2.05, 4.69) is 5.32 Å². The molecule has 2 aliphatic rings. The third kappa shape index (κ3) is 4.23. The number of hydrogen-bond acceptors (Lipinski definition) is 4. The van der Waals surface area contributed by atoms with Crippen LogP contribution in [-0.2, 0) is 9.53 Å². The number of carboxylic acid groups (broad SMARTS) is 1. The van der Waals surface area contributed by atoms with Crippen LogP contribution in [0.25, 0.3) is 0 Å². The lowest BCUT2D eigenvalue weighted by Crippen LogP contribution is -2.44. The average Bonchev–Trinajstić information content (AvgIpc) is 2.68. The molecule has 0 bridgehead atoms. The first-order valence-corrected chi connectivity index (χ1v) is 7.16. The molecule has 1 spiro atoms. The summed E-state index contributed by atoms with van der Waals surface area (Å²) in [6.45, 7) is 7.62. The van der Waals surface area contributed by atoms with E-state index in [1.54, 1.807) is 20.8 Å². The van der Waals surface area contributed by atoms with Crippen molar-refractivity contribution in [3.8, 4) is 0 Å². The standard InChI is InChI=1S/C14H24N2O4.ClH/c1-13(2,3)20-12(19)16-9-14(4-6-15-7-5-14)8-10(16)11(17)18;/h10,15H,4-9H2,1-3H3,(H,17,18);1H. The van der Waals surface area contributed by atoms with Crippen molar-refractivity contribution < 1.29 is 19.4 Å². The smallest absolute Gasteiger partial charge is 0.411 e. The zero-order valence-corrected chi connectivity index (χ0v) is 13.7. The van der Waals surface area contributed by atoms with E-state index in [0.29, 0.717) is 13.0 Å². The SMILES string of the molecule is CC(C)(C)OC(=O)N1CC2(CCNCC2)CC1C(=O)O.Cl. The van der Waals surface area contributed by atoms with Gasteiger partial charge in [0.1, 0.15) is 11.6 Å². The van der Waals surface area contributed by atoms with Gasteiger partial charge in [-0.2, -0.15) is 0 Å². The van der Waals surface area contributed by atoms with Crippen LogP contribution in [0.4, 0.5) is 4.79 Å². The van der Waals surface area contributed by atoms with Gasteiger partial charge in [-0.05, 0) is 58.5 Å². The molecule has 2 saturated heterocycles. The summed E-state index contributed by atoms with van der Waals surface area (Å²) in [6.07, 6.45) is 1.84. The normalized spacial score (nSPS) is 24.5. The third-order valence-corrected chi connectivity index (χ3v) is 4.09. The maximum atomic E-state index is 12.2. The zero-order chi connectivity index (χ0) is 15.0. The topological polar surface area (TPSA) is 78.9 Å². The molecule has 0 aromatic carbocycles. The summed E-state index contributed by atoms with van der Waals surface area (Å²) in [5.41, 5.74) is -0.671. The van der Waals surface area contributed by atoms with Crippen LogP contribution in [0.1, 0.15) is 40.0 Å². The van der Waals surface area contributed by atoms with Crippen molar-refractivity contribution in [3.63, 3.8) is 0 Å². The molecule has 2 aliphatic heterocycles. The van der Waals surface area contributed by atoms with E-state index in [4.69, 9.17) is 4.74 Å². The molecule has 0 saturated carbocycles. The lowest BCUT2D eigenvalue weighted by molar-refractivity contribution is -0.142. The first kappa shape index (κ1) is 18.0. The molecule has 0 aliphatic carbocycles. The Bertz CT molecular complexity index is 402. The Labute approximate surface area is 131 Å². The molecule has 122 valence electrons. The highest BCUT2D eigenvalue weighted by molar-refractivity contribution is 5.85. The lowest BCUT2D eigenvalue weighted by atomic mass is 9.77. The second-order valence-corrected chi connectivity index (χ2v) is 6.92. The van der Waals surface area contributed by atoms with E-state index in [9.17, 15) is 14.7 Å². The number of likely N-dealkylation sites (tertiary alicyclic amines) is 1. The van der Waals surface area contributed by atoms with E-state index in [1.165, 1.54) is 4.90 Å². The number of hydrogen-bond donors (Lipinski definition) is 2. The number of nitrogens with one attached hydrogen (secondary N) is 1. The van der Waals surface area contributed by atoms with Gasteiger partial charge in [0.25, 0.3) is 0 Å². The van der Waals surface area contributed by atoms with Crippen LogP contribution in [0.3, 0.4) is 0 Å². The van der Waals surface area contributed by atoms with Crippen LogP contribution in [0.2, 0.25) is 0 Å². The number of ether oxygens (including phenoxy) is 1. The van der Waals surface area contributed by atoms with Gasteiger partial charge in [-0.1, -0.05) is 0 Å². The lowest BCUT2D eigenvalue weighted by Gasteiger charge is -2.33. The summed E-state index contributed by atoms with van der Waals surface area (Å²) in [5, 5.41) is 12.7. The van der Waals surface area contributed by atoms with Crippen LogP contribution < -0.4 is 5.32 Å². The number of carbonyl (C=O) groups excluding carboxylic acids is 1. The summed E-state index contributed by atoms with van der Waals surface area (Å²) >= 11 is 0. The van der Waals surface area contributed by atoms with E-state index < -0.39 is 23.7 Å². The van der Waals surface area contributed by atoms with E-state index in [1.807, 2.05) is 0 Å². The molecule has 2 N–H and O–H groups in total. The number of halogens is 1. The Morgan fingerprint density at radius 1 is 1.29 bits per heavy atom. The molecule has 2 rings (SSSR count). The van der Waals surface area contributed by atoms with Crippen molar-refractivity contribution in [2.75, 3.05) is 19.6 Å². The van der Waals surface area contributed by atoms with Gasteiger partial charge in [-0.15, -0.1) is 12.4 Å². The Morgan fingerprint density at radius 2 is 1.86 bits per heavy atom. The van der Waals surface area contributed by atoms with Gasteiger partial charge in [0, 0.05) is 6.54 Å². The monoisotopic (exact) mass is 320 g/mol. The Balaban J connectivity index is 0.00000220. The number of amides is 1. The van der Waals surface area contributed by atoms with Gasteiger partial charge < -0.3 is 15.2 Å². The van der Waals surface area contributed by atoms with Crippen molar-refractivity contribution in [3.05, 3.63) is 0 Å². The minimum Gasteiger partial charge on any atom is -0.480 e. The van der Waals surface area contributed by atoms with E-state index in [0.717, 1.165) is 25.9 Å². The molecule has 0 aromatic rings. The quantitative estimate of drug-likeness (QED) is 0.771. The maximum Gasteiger partial charge on any atom is 0.411 e. The molecule has 7 heteroatoms. The zero-order valence-electron chi connectivity index (χ0n) is 12.8. The second-order valence-electron chi connectivity index (χ2n) is 6.92. The fraction of sp³-hybridized carbons (Fsp3) is 0.857. The molecule has 2 fully saturated rings. The highest BCUT2D eigenvalue weighted by atomic mass is 35.5. The molecule has 1 unspecified atom stereocenters. The average molecular weight is 321 g/mol. The number of piperidine rings is 1. The second kappa shape index (κ2) is 6.40. The maximum absolute atomic E-state index is 12.2. The number of nitrogens with zero attached hydrogens (tertiary/aromatic N) is 1. The number of aliphatic carboxylic acids is 1. The predicted octanol–water partition coefficient (Wildman–Crippen LogP) is 1.87. The number of rotatable bonds is 1. The fourth-order valence-electron chi connectivity index (χ4n) is 3.11. The Kier molecular flexibility index (Phi) is 5.50. The van der Waals surface area contributed by atoms with Crippen LogP contribution in [0.5, 0.6) is 0 Å². The van der Waals surface area contributed by atoms with Gasteiger partial charge in [0.05, 0.1) is 0 Å². The molecule has 1 atom stereocenters. The molecule has 2 heterocycles. The first-order valence-electron chi connectivity index (χ1n) is 7.16. The van der Waals surface area contributed by atoms with Crippen LogP contribution in [0, 0.1) is 5.41 Å². The van der Waals surface area contributed by atoms with Crippen LogP contribution >= 0.6 is 12.4 Å². The summed E-state index contributed by atoms with van der Waals surface area (Å²) in [5.74, 6) is -0.939. The van der Waals surface area contributed by atoms with Crippen LogP contribution in [-0.4, -0.2) is 53.3 Å². The van der Waals surface area contributed by atoms with Crippen LogP contribution in [0.15, 0.2) is 0 Å². The van der Waals surface area contributed by atoms with E-state index in [-0.39, 0.29) is 17.8 Å². The molecular formula is C14H25ClN2O4. The van der Waals surface area contributed by atoms with Crippen molar-refractivity contribution in [1.82, 2.24) is 10.2 Å². The van der Waals surface area contributed by atoms with Crippen molar-refractivity contribution in [2.24, 2.45) is 5.41 Å². The largest absolute Gasteiger partial charge is 0.480 e.